The lowest BCUT2D eigenvalue weighted by Gasteiger charge is -2.34. The van der Waals surface area contributed by atoms with Crippen molar-refractivity contribution in [2.75, 3.05) is 43.4 Å². The van der Waals surface area contributed by atoms with E-state index in [0.717, 1.165) is 38.3 Å². The highest BCUT2D eigenvalue weighted by Gasteiger charge is 2.49. The SMILES string of the molecule is Cc1cc(N)c(F)c(-c2c(F)cc3c(N4CC5CCC(C4)N5)nc(OC[C@@]45CCCN4C[C@H](F)C5)nc3c2F)c1C(F)(F)F. The van der Waals surface area contributed by atoms with Crippen LogP contribution in [0.3, 0.4) is 0 Å². The molecular weight excluding hydrogens is 593 g/mol. The first-order chi connectivity index (χ1) is 20.8. The van der Waals surface area contributed by atoms with Crippen molar-refractivity contribution in [3.63, 3.8) is 0 Å². The van der Waals surface area contributed by atoms with Gasteiger partial charge in [0.2, 0.25) is 0 Å². The van der Waals surface area contributed by atoms with Crippen LogP contribution in [0.2, 0.25) is 0 Å². The van der Waals surface area contributed by atoms with Gasteiger partial charge in [0, 0.05) is 49.1 Å². The van der Waals surface area contributed by atoms with Gasteiger partial charge in [-0.25, -0.2) is 17.6 Å². The second-order valence-corrected chi connectivity index (χ2v) is 12.5. The number of anilines is 2. The maximum atomic E-state index is 16.5. The molecule has 0 aliphatic carbocycles. The second kappa shape index (κ2) is 10.3. The van der Waals surface area contributed by atoms with E-state index in [-0.39, 0.29) is 48.9 Å². The molecule has 3 aromatic rings. The molecule has 14 heteroatoms. The number of aryl methyl sites for hydroxylation is 1. The predicted molar refractivity (Wildman–Crippen MR) is 150 cm³/mol. The number of fused-ring (bicyclic) bond motifs is 4. The average Bonchev–Trinajstić information content (AvgIpc) is 3.59. The predicted octanol–water partition coefficient (Wildman–Crippen LogP) is 5.52. The van der Waals surface area contributed by atoms with Crippen LogP contribution in [0.15, 0.2) is 12.1 Å². The van der Waals surface area contributed by atoms with Crippen LogP contribution >= 0.6 is 0 Å². The smallest absolute Gasteiger partial charge is 0.417 e. The van der Waals surface area contributed by atoms with Crippen LogP contribution in [-0.2, 0) is 6.18 Å². The van der Waals surface area contributed by atoms with Gasteiger partial charge in [0.1, 0.15) is 29.9 Å². The molecular formula is C30H31F7N6O. The summed E-state index contributed by atoms with van der Waals surface area (Å²) in [6.45, 7) is 2.98. The van der Waals surface area contributed by atoms with Crippen molar-refractivity contribution < 1.29 is 35.5 Å². The number of nitrogens with two attached hydrogens (primary N) is 1. The van der Waals surface area contributed by atoms with Gasteiger partial charge in [-0.2, -0.15) is 23.1 Å². The van der Waals surface area contributed by atoms with Crippen LogP contribution < -0.4 is 20.7 Å². The molecule has 4 aliphatic rings. The Morgan fingerprint density at radius 3 is 2.48 bits per heavy atom. The molecule has 0 amide bonds. The number of alkyl halides is 4. The number of nitrogens with zero attached hydrogens (tertiary/aromatic N) is 4. The number of benzene rings is 2. The minimum absolute atomic E-state index is 0.0160. The van der Waals surface area contributed by atoms with E-state index in [1.165, 1.54) is 0 Å². The summed E-state index contributed by atoms with van der Waals surface area (Å²) < 4.78 is 111. The van der Waals surface area contributed by atoms with Gasteiger partial charge in [-0.15, -0.1) is 0 Å². The first-order valence-electron chi connectivity index (χ1n) is 14.7. The quantitative estimate of drug-likeness (QED) is 0.286. The number of ether oxygens (including phenoxy) is 1. The maximum absolute atomic E-state index is 16.5. The lowest BCUT2D eigenvalue weighted by Crippen LogP contribution is -2.51. The first kappa shape index (κ1) is 29.3. The van der Waals surface area contributed by atoms with E-state index in [2.05, 4.69) is 15.3 Å². The molecule has 44 heavy (non-hydrogen) atoms. The van der Waals surface area contributed by atoms with Gasteiger partial charge in [-0.3, -0.25) is 4.90 Å². The molecule has 4 atom stereocenters. The lowest BCUT2D eigenvalue weighted by molar-refractivity contribution is -0.137. The molecule has 4 saturated heterocycles. The van der Waals surface area contributed by atoms with E-state index in [9.17, 15) is 17.6 Å². The van der Waals surface area contributed by atoms with Crippen molar-refractivity contribution in [2.24, 2.45) is 0 Å². The van der Waals surface area contributed by atoms with E-state index in [1.54, 1.807) is 0 Å². The molecule has 2 bridgehead atoms. The Hall–Kier alpha value is -3.39. The van der Waals surface area contributed by atoms with E-state index >= 15 is 13.2 Å². The topological polar surface area (TPSA) is 79.5 Å². The van der Waals surface area contributed by atoms with E-state index in [0.29, 0.717) is 26.1 Å². The largest absolute Gasteiger partial charge is 0.461 e. The summed E-state index contributed by atoms with van der Waals surface area (Å²) in [6, 6.07) is 1.57. The second-order valence-electron chi connectivity index (χ2n) is 12.5. The average molecular weight is 625 g/mol. The molecule has 2 aromatic carbocycles. The Balaban J connectivity index is 1.40. The molecule has 236 valence electrons. The van der Waals surface area contributed by atoms with Gasteiger partial charge in [0.25, 0.3) is 0 Å². The monoisotopic (exact) mass is 624 g/mol. The van der Waals surface area contributed by atoms with Crippen LogP contribution in [0.4, 0.5) is 42.2 Å². The molecule has 2 unspecified atom stereocenters. The summed E-state index contributed by atoms with van der Waals surface area (Å²) in [7, 11) is 0. The Kier molecular flexibility index (Phi) is 6.88. The molecule has 5 heterocycles. The van der Waals surface area contributed by atoms with E-state index in [4.69, 9.17) is 10.5 Å². The molecule has 7 rings (SSSR count). The number of nitrogen functional groups attached to an aromatic ring is 1. The number of rotatable bonds is 5. The standard InChI is InChI=1S/C30H31F7N6O/c1-14-7-20(38)24(33)22(23(14)30(35,36)37)21-19(32)8-18-26(25(21)34)40-28(41-27(18)42-11-16-3-4-17(12-42)39-16)44-13-29-5-2-6-43(29)10-15(31)9-29/h7-8,15-17,39H,2-6,9-13,38H2,1H3/t15-,16?,17?,29+/m1/s1. The summed E-state index contributed by atoms with van der Waals surface area (Å²) >= 11 is 0. The molecule has 3 N–H and O–H groups in total. The normalized spacial score (nSPS) is 27.0. The highest BCUT2D eigenvalue weighted by molar-refractivity contribution is 5.94. The Bertz CT molecular complexity index is 1640. The van der Waals surface area contributed by atoms with Gasteiger partial charge in [0.15, 0.2) is 11.6 Å². The number of halogens is 7. The third-order valence-electron chi connectivity index (χ3n) is 9.61. The summed E-state index contributed by atoms with van der Waals surface area (Å²) in [5, 5.41) is 3.38. The Morgan fingerprint density at radius 2 is 1.77 bits per heavy atom. The number of aromatic nitrogens is 2. The fraction of sp³-hybridized carbons (Fsp3) is 0.533. The summed E-state index contributed by atoms with van der Waals surface area (Å²) in [6.07, 6.45) is -2.57. The molecule has 1 aromatic heterocycles. The van der Waals surface area contributed by atoms with Crippen molar-refractivity contribution >= 4 is 22.4 Å². The fourth-order valence-corrected chi connectivity index (χ4v) is 7.73. The van der Waals surface area contributed by atoms with Crippen LogP contribution in [0.25, 0.3) is 22.0 Å². The van der Waals surface area contributed by atoms with Crippen molar-refractivity contribution in [1.29, 1.82) is 0 Å². The van der Waals surface area contributed by atoms with Crippen molar-refractivity contribution in [3.8, 4) is 17.1 Å². The van der Waals surface area contributed by atoms with Gasteiger partial charge in [0.05, 0.1) is 22.4 Å². The number of hydrogen-bond acceptors (Lipinski definition) is 7. The zero-order valence-corrected chi connectivity index (χ0v) is 23.9. The van der Waals surface area contributed by atoms with Crippen LogP contribution in [0.1, 0.15) is 43.2 Å². The van der Waals surface area contributed by atoms with Gasteiger partial charge in [-0.05, 0) is 56.8 Å². The highest BCUT2D eigenvalue weighted by atomic mass is 19.4. The summed E-state index contributed by atoms with van der Waals surface area (Å²) in [4.78, 5) is 12.6. The van der Waals surface area contributed by atoms with Crippen LogP contribution in [0, 0.1) is 24.4 Å². The van der Waals surface area contributed by atoms with Crippen LogP contribution in [0.5, 0.6) is 6.01 Å². The Labute approximate surface area is 248 Å². The zero-order valence-electron chi connectivity index (χ0n) is 23.9. The summed E-state index contributed by atoms with van der Waals surface area (Å²) in [5.41, 5.74) is -0.725. The zero-order chi connectivity index (χ0) is 31.1. The third-order valence-corrected chi connectivity index (χ3v) is 9.61. The van der Waals surface area contributed by atoms with Crippen LogP contribution in [-0.4, -0.2) is 71.4 Å². The van der Waals surface area contributed by atoms with Gasteiger partial charge < -0.3 is 20.7 Å². The first-order valence-corrected chi connectivity index (χ1v) is 14.7. The van der Waals surface area contributed by atoms with Crippen molar-refractivity contribution in [3.05, 3.63) is 40.7 Å². The number of piperazine rings is 1. The highest BCUT2D eigenvalue weighted by Crippen LogP contribution is 2.46. The third kappa shape index (κ3) is 4.72. The molecule has 0 spiro atoms. The maximum Gasteiger partial charge on any atom is 0.417 e. The molecule has 4 fully saturated rings. The summed E-state index contributed by atoms with van der Waals surface area (Å²) in [5.74, 6) is -4.34. The molecule has 7 nitrogen and oxygen atoms in total. The van der Waals surface area contributed by atoms with Crippen molar-refractivity contribution in [2.45, 2.75) is 69.0 Å². The lowest BCUT2D eigenvalue weighted by atomic mass is 9.92. The van der Waals surface area contributed by atoms with Crippen molar-refractivity contribution in [1.82, 2.24) is 20.2 Å². The fourth-order valence-electron chi connectivity index (χ4n) is 7.73. The Morgan fingerprint density at radius 1 is 1.05 bits per heavy atom. The van der Waals surface area contributed by atoms with E-state index < -0.39 is 68.8 Å². The van der Waals surface area contributed by atoms with E-state index in [1.807, 2.05) is 9.80 Å². The minimum Gasteiger partial charge on any atom is -0.461 e. The van der Waals surface area contributed by atoms with Gasteiger partial charge >= 0.3 is 12.2 Å². The molecule has 4 aliphatic heterocycles. The molecule has 0 radical (unpaired) electrons. The molecule has 0 saturated carbocycles. The van der Waals surface area contributed by atoms with Gasteiger partial charge in [-0.1, -0.05) is 0 Å². The number of nitrogens with one attached hydrogen (secondary N) is 1. The minimum atomic E-state index is -5.14. The number of hydrogen-bond donors (Lipinski definition) is 2.